The highest BCUT2D eigenvalue weighted by Crippen LogP contribution is 2.43. The van der Waals surface area contributed by atoms with Crippen molar-refractivity contribution in [2.24, 2.45) is 0 Å². The second-order valence-corrected chi connectivity index (χ2v) is 6.78. The van der Waals surface area contributed by atoms with Gasteiger partial charge in [0.15, 0.2) is 5.76 Å². The lowest BCUT2D eigenvalue weighted by Gasteiger charge is -2.10. The first-order chi connectivity index (χ1) is 13.6. The van der Waals surface area contributed by atoms with E-state index in [1.54, 1.807) is 18.2 Å². The van der Waals surface area contributed by atoms with Crippen LogP contribution in [0.15, 0.2) is 71.3 Å². The average Bonchev–Trinajstić information content (AvgIpc) is 3.12. The number of ether oxygens (including phenoxy) is 1. The molecule has 3 aromatic carbocycles. The molecule has 0 atom stereocenters. The maximum absolute atomic E-state index is 14.8. The molecule has 0 aliphatic heterocycles. The van der Waals surface area contributed by atoms with Crippen LogP contribution < -0.4 is 4.74 Å². The Labute approximate surface area is 167 Å². The standard InChI is InChI=1S/C23H17ClFNO2/c1-14-7-3-4-8-16(14)21-22(17-9-5-6-10-19(17)24)26-28-23(21)18-12-11-15(27-2)13-20(18)25/h3-13H,1-2H3. The predicted octanol–water partition coefficient (Wildman–Crippen LogP) is 6.79. The quantitative estimate of drug-likeness (QED) is 0.383. The summed E-state index contributed by atoms with van der Waals surface area (Å²) in [6.45, 7) is 1.99. The molecule has 0 aliphatic rings. The van der Waals surface area contributed by atoms with E-state index in [-0.39, 0.29) is 0 Å². The van der Waals surface area contributed by atoms with E-state index in [1.807, 2.05) is 49.4 Å². The molecule has 0 bridgehead atoms. The number of rotatable bonds is 4. The summed E-state index contributed by atoms with van der Waals surface area (Å²) in [7, 11) is 1.50. The normalized spacial score (nSPS) is 10.9. The van der Waals surface area contributed by atoms with E-state index in [4.69, 9.17) is 20.9 Å². The topological polar surface area (TPSA) is 35.3 Å². The molecule has 28 heavy (non-hydrogen) atoms. The fraction of sp³-hybridized carbons (Fsp3) is 0.0870. The van der Waals surface area contributed by atoms with E-state index in [1.165, 1.54) is 13.2 Å². The highest BCUT2D eigenvalue weighted by Gasteiger charge is 2.25. The van der Waals surface area contributed by atoms with Gasteiger partial charge in [-0.2, -0.15) is 0 Å². The van der Waals surface area contributed by atoms with Crippen molar-refractivity contribution in [3.63, 3.8) is 0 Å². The zero-order valence-corrected chi connectivity index (χ0v) is 16.1. The summed E-state index contributed by atoms with van der Waals surface area (Å²) in [5, 5.41) is 4.82. The third-order valence-corrected chi connectivity index (χ3v) is 4.99. The molecule has 140 valence electrons. The first-order valence-corrected chi connectivity index (χ1v) is 9.12. The minimum Gasteiger partial charge on any atom is -0.497 e. The van der Waals surface area contributed by atoms with Crippen LogP contribution in [0, 0.1) is 12.7 Å². The maximum atomic E-state index is 14.8. The van der Waals surface area contributed by atoms with E-state index >= 15 is 0 Å². The summed E-state index contributed by atoms with van der Waals surface area (Å²) in [5.74, 6) is 0.338. The van der Waals surface area contributed by atoms with Crippen molar-refractivity contribution in [1.82, 2.24) is 5.16 Å². The number of hydrogen-bond acceptors (Lipinski definition) is 3. The van der Waals surface area contributed by atoms with Crippen LogP contribution in [-0.2, 0) is 0 Å². The highest BCUT2D eigenvalue weighted by molar-refractivity contribution is 6.33. The number of methoxy groups -OCH3 is 1. The Kier molecular flexibility index (Phi) is 4.88. The second kappa shape index (κ2) is 7.49. The van der Waals surface area contributed by atoms with Crippen LogP contribution in [0.2, 0.25) is 5.02 Å². The summed E-state index contributed by atoms with van der Waals surface area (Å²) < 4.78 is 25.6. The van der Waals surface area contributed by atoms with Crippen LogP contribution >= 0.6 is 11.6 Å². The maximum Gasteiger partial charge on any atom is 0.178 e. The first kappa shape index (κ1) is 18.3. The number of hydrogen-bond donors (Lipinski definition) is 0. The molecule has 0 N–H and O–H groups in total. The molecule has 0 aliphatic carbocycles. The van der Waals surface area contributed by atoms with Gasteiger partial charge in [0.25, 0.3) is 0 Å². The lowest BCUT2D eigenvalue weighted by atomic mass is 9.93. The van der Waals surface area contributed by atoms with Crippen molar-refractivity contribution < 1.29 is 13.7 Å². The summed E-state index contributed by atoms with van der Waals surface area (Å²) >= 11 is 6.41. The molecule has 0 spiro atoms. The Morgan fingerprint density at radius 3 is 2.32 bits per heavy atom. The molecule has 0 saturated heterocycles. The van der Waals surface area contributed by atoms with Crippen LogP contribution in [0.3, 0.4) is 0 Å². The number of benzene rings is 3. The summed E-state index contributed by atoms with van der Waals surface area (Å²) in [5.41, 5.74) is 4.25. The molecule has 4 rings (SSSR count). The lowest BCUT2D eigenvalue weighted by Crippen LogP contribution is -1.91. The number of halogens is 2. The second-order valence-electron chi connectivity index (χ2n) is 6.38. The molecule has 1 aromatic heterocycles. The Morgan fingerprint density at radius 1 is 0.929 bits per heavy atom. The van der Waals surface area contributed by atoms with Gasteiger partial charge in [-0.3, -0.25) is 0 Å². The molecule has 0 amide bonds. The van der Waals surface area contributed by atoms with Gasteiger partial charge >= 0.3 is 0 Å². The zero-order valence-electron chi connectivity index (χ0n) is 15.4. The lowest BCUT2D eigenvalue weighted by molar-refractivity contribution is 0.410. The molecule has 1 heterocycles. The Hall–Kier alpha value is -3.11. The smallest absolute Gasteiger partial charge is 0.178 e. The SMILES string of the molecule is COc1ccc(-c2onc(-c3ccccc3Cl)c2-c2ccccc2C)c(F)c1. The molecule has 3 nitrogen and oxygen atoms in total. The fourth-order valence-corrected chi connectivity index (χ4v) is 3.45. The van der Waals surface area contributed by atoms with Gasteiger partial charge in [-0.25, -0.2) is 4.39 Å². The van der Waals surface area contributed by atoms with Crippen molar-refractivity contribution in [1.29, 1.82) is 0 Å². The summed E-state index contributed by atoms with van der Waals surface area (Å²) in [4.78, 5) is 0. The largest absolute Gasteiger partial charge is 0.497 e. The summed E-state index contributed by atoms with van der Waals surface area (Å²) in [6, 6.07) is 19.9. The fourth-order valence-electron chi connectivity index (χ4n) is 3.22. The Balaban J connectivity index is 2.01. The Bertz CT molecular complexity index is 1150. The molecule has 0 unspecified atom stereocenters. The molecule has 0 fully saturated rings. The van der Waals surface area contributed by atoms with Gasteiger partial charge in [0.05, 0.1) is 23.3 Å². The van der Waals surface area contributed by atoms with Gasteiger partial charge in [0.1, 0.15) is 17.3 Å². The van der Waals surface area contributed by atoms with Crippen LogP contribution in [0.25, 0.3) is 33.7 Å². The highest BCUT2D eigenvalue weighted by atomic mass is 35.5. The molecule has 5 heteroatoms. The Morgan fingerprint density at radius 2 is 1.64 bits per heavy atom. The molecular formula is C23H17ClFNO2. The molecular weight excluding hydrogens is 377 g/mol. The van der Waals surface area contributed by atoms with Crippen LogP contribution in [-0.4, -0.2) is 12.3 Å². The van der Waals surface area contributed by atoms with E-state index in [0.717, 1.165) is 16.7 Å². The van der Waals surface area contributed by atoms with Crippen molar-refractivity contribution in [2.45, 2.75) is 6.92 Å². The van der Waals surface area contributed by atoms with Crippen molar-refractivity contribution in [3.8, 4) is 39.5 Å². The van der Waals surface area contributed by atoms with Crippen LogP contribution in [0.4, 0.5) is 4.39 Å². The molecule has 0 saturated carbocycles. The van der Waals surface area contributed by atoms with Gasteiger partial charge in [0.2, 0.25) is 0 Å². The van der Waals surface area contributed by atoms with E-state index in [0.29, 0.717) is 33.4 Å². The van der Waals surface area contributed by atoms with E-state index < -0.39 is 5.82 Å². The van der Waals surface area contributed by atoms with Crippen LogP contribution in [0.5, 0.6) is 5.75 Å². The molecule has 4 aromatic rings. The van der Waals surface area contributed by atoms with Crippen LogP contribution in [0.1, 0.15) is 5.56 Å². The molecule has 0 radical (unpaired) electrons. The first-order valence-electron chi connectivity index (χ1n) is 8.74. The van der Waals surface area contributed by atoms with Gasteiger partial charge in [-0.1, -0.05) is 59.2 Å². The van der Waals surface area contributed by atoms with Gasteiger partial charge in [-0.15, -0.1) is 0 Å². The van der Waals surface area contributed by atoms with Gasteiger partial charge in [-0.05, 0) is 36.2 Å². The summed E-state index contributed by atoms with van der Waals surface area (Å²) in [6.07, 6.45) is 0. The third-order valence-electron chi connectivity index (χ3n) is 4.66. The third kappa shape index (κ3) is 3.16. The number of aryl methyl sites for hydroxylation is 1. The average molecular weight is 394 g/mol. The number of nitrogens with zero attached hydrogens (tertiary/aromatic N) is 1. The van der Waals surface area contributed by atoms with E-state index in [2.05, 4.69) is 5.16 Å². The van der Waals surface area contributed by atoms with Crippen molar-refractivity contribution >= 4 is 11.6 Å². The van der Waals surface area contributed by atoms with Gasteiger partial charge < -0.3 is 9.26 Å². The predicted molar refractivity (Wildman–Crippen MR) is 109 cm³/mol. The minimum absolute atomic E-state index is 0.310. The van der Waals surface area contributed by atoms with Gasteiger partial charge in [0, 0.05) is 11.6 Å². The number of aromatic nitrogens is 1. The minimum atomic E-state index is -0.448. The van der Waals surface area contributed by atoms with Crippen molar-refractivity contribution in [3.05, 3.63) is 83.1 Å². The van der Waals surface area contributed by atoms with E-state index in [9.17, 15) is 4.39 Å². The van der Waals surface area contributed by atoms with Crippen molar-refractivity contribution in [2.75, 3.05) is 7.11 Å². The monoisotopic (exact) mass is 393 g/mol. The zero-order chi connectivity index (χ0) is 19.7.